The van der Waals surface area contributed by atoms with Crippen molar-refractivity contribution in [2.75, 3.05) is 4.90 Å². The molecule has 1 atom stereocenters. The average molecular weight is 392 g/mol. The van der Waals surface area contributed by atoms with E-state index >= 15 is 0 Å². The molecule has 0 aromatic heterocycles. The number of amides is 1. The molecule has 5 heteroatoms. The van der Waals surface area contributed by atoms with E-state index in [-0.39, 0.29) is 12.2 Å². The van der Waals surface area contributed by atoms with Gasteiger partial charge >= 0.3 is 0 Å². The summed E-state index contributed by atoms with van der Waals surface area (Å²) in [5, 5.41) is 11.8. The molecule has 0 fully saturated rings. The number of aliphatic hydroxyl groups is 1. The number of fused-ring (bicyclic) bond motifs is 1. The molecule has 1 N–H and O–H groups in total. The molecule has 3 aromatic rings. The Balaban J connectivity index is 1.67. The van der Waals surface area contributed by atoms with E-state index in [9.17, 15) is 14.7 Å². The summed E-state index contributed by atoms with van der Waals surface area (Å²) in [5.74, 6) is -0.802. The first-order valence-corrected chi connectivity index (χ1v) is 9.33. The Morgan fingerprint density at radius 1 is 0.929 bits per heavy atom. The van der Waals surface area contributed by atoms with Crippen molar-refractivity contribution in [2.24, 2.45) is 0 Å². The molecule has 0 aliphatic carbocycles. The number of para-hydroxylation sites is 1. The van der Waals surface area contributed by atoms with E-state index in [4.69, 9.17) is 11.6 Å². The van der Waals surface area contributed by atoms with E-state index in [2.05, 4.69) is 0 Å². The van der Waals surface area contributed by atoms with Gasteiger partial charge in [0.15, 0.2) is 11.4 Å². The first-order valence-electron chi connectivity index (χ1n) is 8.95. The minimum atomic E-state index is -1.89. The van der Waals surface area contributed by atoms with E-state index < -0.39 is 11.5 Å². The Hall–Kier alpha value is -2.95. The Bertz CT molecular complexity index is 1030. The maximum Gasteiger partial charge on any atom is 0.264 e. The van der Waals surface area contributed by atoms with Gasteiger partial charge in [-0.05, 0) is 35.9 Å². The maximum atomic E-state index is 13.2. The number of halogens is 1. The van der Waals surface area contributed by atoms with Crippen molar-refractivity contribution >= 4 is 29.0 Å². The topological polar surface area (TPSA) is 57.6 Å². The molecule has 1 aliphatic heterocycles. The minimum Gasteiger partial charge on any atom is -0.375 e. The molecule has 0 saturated heterocycles. The monoisotopic (exact) mass is 391 g/mol. The van der Waals surface area contributed by atoms with E-state index in [0.29, 0.717) is 28.4 Å². The molecule has 4 nitrogen and oxygen atoms in total. The molecule has 0 saturated carbocycles. The predicted octanol–water partition coefficient (Wildman–Crippen LogP) is 4.35. The molecule has 140 valence electrons. The van der Waals surface area contributed by atoms with Gasteiger partial charge < -0.3 is 10.0 Å². The van der Waals surface area contributed by atoms with Crippen LogP contribution in [0.25, 0.3) is 0 Å². The number of nitrogens with zero attached hydrogens (tertiary/aromatic N) is 1. The molecule has 0 radical (unpaired) electrons. The summed E-state index contributed by atoms with van der Waals surface area (Å²) in [6, 6.07) is 23.1. The normalized spacial score (nSPS) is 18.2. The number of anilines is 1. The van der Waals surface area contributed by atoms with Crippen LogP contribution in [0.1, 0.15) is 27.9 Å². The minimum absolute atomic E-state index is 0.316. The molecule has 3 aromatic carbocycles. The van der Waals surface area contributed by atoms with Gasteiger partial charge in [-0.2, -0.15) is 0 Å². The van der Waals surface area contributed by atoms with E-state index in [1.165, 1.54) is 0 Å². The Morgan fingerprint density at radius 2 is 1.57 bits per heavy atom. The molecule has 1 aliphatic rings. The molecule has 4 rings (SSSR count). The highest BCUT2D eigenvalue weighted by atomic mass is 35.5. The summed E-state index contributed by atoms with van der Waals surface area (Å²) in [5.41, 5.74) is 0.548. The van der Waals surface area contributed by atoms with Gasteiger partial charge in [-0.25, -0.2) is 0 Å². The summed E-state index contributed by atoms with van der Waals surface area (Å²) < 4.78 is 0. The second-order valence-electron chi connectivity index (χ2n) is 6.86. The van der Waals surface area contributed by atoms with E-state index in [1.807, 2.05) is 36.4 Å². The van der Waals surface area contributed by atoms with E-state index in [1.54, 1.807) is 47.4 Å². The lowest BCUT2D eigenvalue weighted by Gasteiger charge is -2.23. The second-order valence-corrected chi connectivity index (χ2v) is 7.30. The average Bonchev–Trinajstić information content (AvgIpc) is 2.91. The Kier molecular flexibility index (Phi) is 4.75. The van der Waals surface area contributed by atoms with Crippen LogP contribution < -0.4 is 4.90 Å². The predicted molar refractivity (Wildman–Crippen MR) is 108 cm³/mol. The largest absolute Gasteiger partial charge is 0.375 e. The smallest absolute Gasteiger partial charge is 0.264 e. The molecule has 0 bridgehead atoms. The Labute approximate surface area is 168 Å². The number of hydrogen-bond donors (Lipinski definition) is 1. The van der Waals surface area contributed by atoms with Crippen LogP contribution >= 0.6 is 11.6 Å². The van der Waals surface area contributed by atoms with Gasteiger partial charge in [0.05, 0.1) is 18.7 Å². The fourth-order valence-electron chi connectivity index (χ4n) is 3.57. The lowest BCUT2D eigenvalue weighted by Crippen LogP contribution is -2.41. The molecular weight excluding hydrogens is 374 g/mol. The van der Waals surface area contributed by atoms with Crippen molar-refractivity contribution in [3.63, 3.8) is 0 Å². The van der Waals surface area contributed by atoms with Crippen LogP contribution in [0, 0.1) is 0 Å². The zero-order valence-corrected chi connectivity index (χ0v) is 15.8. The van der Waals surface area contributed by atoms with Crippen LogP contribution in [0.5, 0.6) is 0 Å². The third-order valence-corrected chi connectivity index (χ3v) is 5.26. The summed E-state index contributed by atoms with van der Waals surface area (Å²) in [7, 11) is 0. The number of benzene rings is 3. The van der Waals surface area contributed by atoms with Crippen LogP contribution in [0.4, 0.5) is 5.69 Å². The van der Waals surface area contributed by atoms with Crippen LogP contribution in [0.15, 0.2) is 78.9 Å². The molecule has 1 heterocycles. The Morgan fingerprint density at radius 3 is 2.29 bits per heavy atom. The fraction of sp³-hybridized carbons (Fsp3) is 0.130. The number of carbonyl (C=O) groups is 2. The highest BCUT2D eigenvalue weighted by Crippen LogP contribution is 2.43. The van der Waals surface area contributed by atoms with Crippen LogP contribution in [-0.2, 0) is 16.9 Å². The summed E-state index contributed by atoms with van der Waals surface area (Å²) in [6.07, 6.45) is -0.324. The lowest BCUT2D eigenvalue weighted by atomic mass is 9.88. The molecular formula is C23H18ClNO3. The van der Waals surface area contributed by atoms with Gasteiger partial charge in [0, 0.05) is 16.1 Å². The van der Waals surface area contributed by atoms with Crippen molar-refractivity contribution in [2.45, 2.75) is 18.6 Å². The lowest BCUT2D eigenvalue weighted by molar-refractivity contribution is -0.136. The van der Waals surface area contributed by atoms with Gasteiger partial charge in [-0.15, -0.1) is 0 Å². The van der Waals surface area contributed by atoms with Crippen LogP contribution in [0.3, 0.4) is 0 Å². The standard InChI is InChI=1S/C23H18ClNO3/c24-18-12-10-17(11-13-18)21(26)14-23(28)19-8-4-5-9-20(19)25(22(23)27)15-16-6-2-1-3-7-16/h1-13,28H,14-15H2. The molecule has 1 unspecified atom stereocenters. The van der Waals surface area contributed by atoms with Gasteiger partial charge in [-0.3, -0.25) is 9.59 Å². The van der Waals surface area contributed by atoms with Crippen LogP contribution in [0.2, 0.25) is 5.02 Å². The first-order chi connectivity index (χ1) is 13.5. The van der Waals surface area contributed by atoms with Crippen molar-refractivity contribution in [3.8, 4) is 0 Å². The summed E-state index contributed by atoms with van der Waals surface area (Å²) >= 11 is 5.88. The van der Waals surface area contributed by atoms with Crippen LogP contribution in [-0.4, -0.2) is 16.8 Å². The summed E-state index contributed by atoms with van der Waals surface area (Å²) in [6.45, 7) is 0.328. The van der Waals surface area contributed by atoms with Crippen molar-refractivity contribution < 1.29 is 14.7 Å². The third-order valence-electron chi connectivity index (χ3n) is 5.01. The quantitative estimate of drug-likeness (QED) is 0.658. The number of rotatable bonds is 5. The number of ketones is 1. The zero-order chi connectivity index (χ0) is 19.7. The highest BCUT2D eigenvalue weighted by Gasteiger charge is 2.50. The molecule has 28 heavy (non-hydrogen) atoms. The number of Topliss-reactive ketones (excluding diaryl/α,β-unsaturated/α-hetero) is 1. The summed E-state index contributed by atoms with van der Waals surface area (Å²) in [4.78, 5) is 27.5. The van der Waals surface area contributed by atoms with Crippen molar-refractivity contribution in [3.05, 3.63) is 101 Å². The van der Waals surface area contributed by atoms with Gasteiger partial charge in [0.2, 0.25) is 0 Å². The van der Waals surface area contributed by atoms with Gasteiger partial charge in [0.25, 0.3) is 5.91 Å². The van der Waals surface area contributed by atoms with Crippen molar-refractivity contribution in [1.82, 2.24) is 0 Å². The maximum absolute atomic E-state index is 13.2. The van der Waals surface area contributed by atoms with E-state index in [0.717, 1.165) is 5.56 Å². The number of carbonyl (C=O) groups excluding carboxylic acids is 2. The molecule has 1 amide bonds. The van der Waals surface area contributed by atoms with Crippen molar-refractivity contribution in [1.29, 1.82) is 0 Å². The zero-order valence-electron chi connectivity index (χ0n) is 15.0. The SMILES string of the molecule is O=C(CC1(O)C(=O)N(Cc2ccccc2)c2ccccc21)c1ccc(Cl)cc1. The highest BCUT2D eigenvalue weighted by molar-refractivity contribution is 6.30. The fourth-order valence-corrected chi connectivity index (χ4v) is 3.70. The molecule has 0 spiro atoms. The third kappa shape index (κ3) is 3.21. The van der Waals surface area contributed by atoms with Gasteiger partial charge in [-0.1, -0.05) is 60.1 Å². The van der Waals surface area contributed by atoms with Gasteiger partial charge in [0.1, 0.15) is 0 Å². The number of hydrogen-bond acceptors (Lipinski definition) is 3. The first kappa shape index (κ1) is 18.4. The second kappa shape index (κ2) is 7.23.